The van der Waals surface area contributed by atoms with Gasteiger partial charge in [0.15, 0.2) is 0 Å². The largest absolute Gasteiger partial charge is 0.460 e. The average Bonchev–Trinajstić information content (AvgIpc) is 2.91. The van der Waals surface area contributed by atoms with E-state index in [1.54, 1.807) is 31.2 Å². The SMILES string of the molecule is CCCCCCCCC(C)C1CC(=O)NC(c2ccccc2)C(=O)NC(C)C(=O)NC(C(C)CC)C(=O)O1. The van der Waals surface area contributed by atoms with Crippen LogP contribution in [0.2, 0.25) is 0 Å². The minimum Gasteiger partial charge on any atom is -0.460 e. The number of hydrogen-bond donors (Lipinski definition) is 3. The molecule has 2 rings (SSSR count). The van der Waals surface area contributed by atoms with Gasteiger partial charge in [0.25, 0.3) is 0 Å². The normalized spacial score (nSPS) is 25.0. The highest BCUT2D eigenvalue weighted by Gasteiger charge is 2.35. The predicted octanol–water partition coefficient (Wildman–Crippen LogP) is 4.58. The van der Waals surface area contributed by atoms with Gasteiger partial charge in [0.1, 0.15) is 24.2 Å². The van der Waals surface area contributed by atoms with E-state index in [1.807, 2.05) is 26.8 Å². The molecular formula is C30H47N3O5. The number of rotatable bonds is 11. The lowest BCUT2D eigenvalue weighted by Gasteiger charge is -2.29. The first-order valence-electron chi connectivity index (χ1n) is 14.3. The number of ether oxygens (including phenoxy) is 1. The second-order valence-corrected chi connectivity index (χ2v) is 10.7. The van der Waals surface area contributed by atoms with Crippen LogP contribution in [0, 0.1) is 11.8 Å². The number of esters is 1. The van der Waals surface area contributed by atoms with Crippen molar-refractivity contribution in [2.45, 2.75) is 117 Å². The quantitative estimate of drug-likeness (QED) is 0.287. The van der Waals surface area contributed by atoms with E-state index in [0.717, 1.165) is 19.3 Å². The lowest BCUT2D eigenvalue weighted by molar-refractivity contribution is -0.158. The molecule has 0 spiro atoms. The van der Waals surface area contributed by atoms with Crippen LogP contribution < -0.4 is 16.0 Å². The van der Waals surface area contributed by atoms with Crippen molar-refractivity contribution < 1.29 is 23.9 Å². The fourth-order valence-corrected chi connectivity index (χ4v) is 4.67. The van der Waals surface area contributed by atoms with Gasteiger partial charge in [-0.3, -0.25) is 14.4 Å². The summed E-state index contributed by atoms with van der Waals surface area (Å²) in [7, 11) is 0. The van der Waals surface area contributed by atoms with Gasteiger partial charge in [0.05, 0.1) is 6.42 Å². The van der Waals surface area contributed by atoms with Crippen molar-refractivity contribution in [3.05, 3.63) is 35.9 Å². The molecule has 0 bridgehead atoms. The van der Waals surface area contributed by atoms with E-state index in [2.05, 4.69) is 22.9 Å². The average molecular weight is 530 g/mol. The zero-order chi connectivity index (χ0) is 28.1. The Morgan fingerprint density at radius 1 is 0.842 bits per heavy atom. The van der Waals surface area contributed by atoms with Gasteiger partial charge < -0.3 is 20.7 Å². The highest BCUT2D eigenvalue weighted by molar-refractivity contribution is 5.94. The molecule has 38 heavy (non-hydrogen) atoms. The van der Waals surface area contributed by atoms with Gasteiger partial charge in [-0.2, -0.15) is 0 Å². The molecule has 212 valence electrons. The Labute approximate surface area is 228 Å². The maximum absolute atomic E-state index is 13.3. The van der Waals surface area contributed by atoms with Crippen LogP contribution >= 0.6 is 0 Å². The van der Waals surface area contributed by atoms with E-state index in [9.17, 15) is 19.2 Å². The Morgan fingerprint density at radius 3 is 2.16 bits per heavy atom. The van der Waals surface area contributed by atoms with Crippen molar-refractivity contribution in [2.24, 2.45) is 11.8 Å². The molecule has 0 aromatic heterocycles. The molecule has 8 heteroatoms. The summed E-state index contributed by atoms with van der Waals surface area (Å²) in [4.78, 5) is 52.8. The monoisotopic (exact) mass is 529 g/mol. The number of amides is 3. The molecular weight excluding hydrogens is 482 g/mol. The molecule has 0 radical (unpaired) electrons. The lowest BCUT2D eigenvalue weighted by atomic mass is 9.93. The van der Waals surface area contributed by atoms with Crippen LogP contribution in [0.3, 0.4) is 0 Å². The van der Waals surface area contributed by atoms with Crippen molar-refractivity contribution in [3.63, 3.8) is 0 Å². The summed E-state index contributed by atoms with van der Waals surface area (Å²) in [6, 6.07) is 6.16. The van der Waals surface area contributed by atoms with Crippen LogP contribution in [0.4, 0.5) is 0 Å². The molecule has 1 aromatic rings. The Morgan fingerprint density at radius 2 is 1.50 bits per heavy atom. The molecule has 1 aliphatic heterocycles. The van der Waals surface area contributed by atoms with Crippen LogP contribution in [0.15, 0.2) is 30.3 Å². The van der Waals surface area contributed by atoms with Crippen LogP contribution in [0.25, 0.3) is 0 Å². The molecule has 3 amide bonds. The van der Waals surface area contributed by atoms with Crippen molar-refractivity contribution in [1.29, 1.82) is 0 Å². The highest BCUT2D eigenvalue weighted by atomic mass is 16.5. The molecule has 3 N–H and O–H groups in total. The third-order valence-electron chi connectivity index (χ3n) is 7.52. The Balaban J connectivity index is 2.30. The van der Waals surface area contributed by atoms with E-state index in [0.29, 0.717) is 12.0 Å². The second-order valence-electron chi connectivity index (χ2n) is 10.7. The van der Waals surface area contributed by atoms with Crippen LogP contribution in [0.5, 0.6) is 0 Å². The summed E-state index contributed by atoms with van der Waals surface area (Å²) in [5, 5.41) is 8.30. The number of benzene rings is 1. The summed E-state index contributed by atoms with van der Waals surface area (Å²) in [5.41, 5.74) is 0.604. The molecule has 1 heterocycles. The third kappa shape index (κ3) is 9.76. The molecule has 0 saturated carbocycles. The van der Waals surface area contributed by atoms with Crippen LogP contribution in [0.1, 0.15) is 104 Å². The zero-order valence-electron chi connectivity index (χ0n) is 23.8. The molecule has 6 atom stereocenters. The topological polar surface area (TPSA) is 114 Å². The Hall–Kier alpha value is -2.90. The molecule has 1 fully saturated rings. The predicted molar refractivity (Wildman–Crippen MR) is 148 cm³/mol. The number of hydrogen-bond acceptors (Lipinski definition) is 5. The van der Waals surface area contributed by atoms with E-state index >= 15 is 0 Å². The first-order chi connectivity index (χ1) is 18.2. The van der Waals surface area contributed by atoms with Crippen molar-refractivity contribution in [1.82, 2.24) is 16.0 Å². The van der Waals surface area contributed by atoms with Gasteiger partial charge in [0, 0.05) is 0 Å². The summed E-state index contributed by atoms with van der Waals surface area (Å²) in [5.74, 6) is -2.13. The van der Waals surface area contributed by atoms with Crippen molar-refractivity contribution >= 4 is 23.7 Å². The van der Waals surface area contributed by atoms with Gasteiger partial charge in [-0.15, -0.1) is 0 Å². The molecule has 1 aromatic carbocycles. The summed E-state index contributed by atoms with van der Waals surface area (Å²) in [6.45, 7) is 9.55. The second kappa shape index (κ2) is 16.1. The molecule has 1 aliphatic rings. The standard InChI is InChI=1S/C30H47N3O5/c1-6-8-9-10-11-13-16-21(4)24-19-25(34)32-27(23-17-14-12-15-18-23)29(36)31-22(5)28(35)33-26(20(3)7-2)30(37)38-24/h12,14-15,17-18,20-22,24,26-27H,6-11,13,16,19H2,1-5H3,(H,31,36)(H,32,34)(H,33,35). The molecule has 0 aliphatic carbocycles. The minimum absolute atomic E-state index is 0.0581. The highest BCUT2D eigenvalue weighted by Crippen LogP contribution is 2.23. The van der Waals surface area contributed by atoms with Gasteiger partial charge in [0.2, 0.25) is 17.7 Å². The summed E-state index contributed by atoms with van der Waals surface area (Å²) >= 11 is 0. The smallest absolute Gasteiger partial charge is 0.329 e. The van der Waals surface area contributed by atoms with E-state index in [1.165, 1.54) is 25.7 Å². The van der Waals surface area contributed by atoms with Gasteiger partial charge >= 0.3 is 5.97 Å². The molecule has 8 nitrogen and oxygen atoms in total. The van der Waals surface area contributed by atoms with E-state index in [4.69, 9.17) is 4.74 Å². The summed E-state index contributed by atoms with van der Waals surface area (Å²) < 4.78 is 5.96. The maximum atomic E-state index is 13.3. The van der Waals surface area contributed by atoms with Crippen LogP contribution in [-0.2, 0) is 23.9 Å². The van der Waals surface area contributed by atoms with Crippen LogP contribution in [-0.4, -0.2) is 41.9 Å². The number of cyclic esters (lactones) is 1. The Kier molecular flexibility index (Phi) is 13.3. The number of nitrogens with one attached hydrogen (secondary N) is 3. The van der Waals surface area contributed by atoms with E-state index in [-0.39, 0.29) is 24.2 Å². The molecule has 6 unspecified atom stereocenters. The lowest BCUT2D eigenvalue weighted by Crippen LogP contribution is -2.54. The maximum Gasteiger partial charge on any atom is 0.329 e. The Bertz CT molecular complexity index is 906. The number of carbonyl (C=O) groups excluding carboxylic acids is 4. The number of carbonyl (C=O) groups is 4. The van der Waals surface area contributed by atoms with Gasteiger partial charge in [-0.1, -0.05) is 103 Å². The minimum atomic E-state index is -0.977. The third-order valence-corrected chi connectivity index (χ3v) is 7.52. The fraction of sp³-hybridized carbons (Fsp3) is 0.667. The molecule has 1 saturated heterocycles. The van der Waals surface area contributed by atoms with Gasteiger partial charge in [-0.25, -0.2) is 4.79 Å². The van der Waals surface area contributed by atoms with Crippen molar-refractivity contribution in [3.8, 4) is 0 Å². The summed E-state index contributed by atoms with van der Waals surface area (Å²) in [6.07, 6.45) is 7.62. The van der Waals surface area contributed by atoms with Crippen molar-refractivity contribution in [2.75, 3.05) is 0 Å². The zero-order valence-corrected chi connectivity index (χ0v) is 23.8. The first-order valence-corrected chi connectivity index (χ1v) is 14.3. The fourth-order valence-electron chi connectivity index (χ4n) is 4.67. The number of unbranched alkanes of at least 4 members (excludes halogenated alkanes) is 5. The van der Waals surface area contributed by atoms with Gasteiger partial charge in [-0.05, 0) is 30.7 Å². The van der Waals surface area contributed by atoms with E-state index < -0.39 is 42.0 Å². The first kappa shape index (κ1) is 31.3.